The van der Waals surface area contributed by atoms with E-state index < -0.39 is 6.04 Å². The van der Waals surface area contributed by atoms with Gasteiger partial charge in [-0.1, -0.05) is 0 Å². The van der Waals surface area contributed by atoms with Crippen molar-refractivity contribution in [1.29, 1.82) is 0 Å². The Bertz CT molecular complexity index is 472. The fraction of sp³-hybridized carbons (Fsp3) is 0.385. The van der Waals surface area contributed by atoms with Gasteiger partial charge in [0, 0.05) is 0 Å². The topological polar surface area (TPSA) is 81.9 Å². The number of hydrogen-bond donors (Lipinski definition) is 1. The molecular formula is C13H16N2O4. The molecule has 6 nitrogen and oxygen atoms in total. The summed E-state index contributed by atoms with van der Waals surface area (Å²) < 4.78 is 10.5. The summed E-state index contributed by atoms with van der Waals surface area (Å²) in [6.07, 6.45) is 0.0847. The maximum absolute atomic E-state index is 11.5. The van der Waals surface area contributed by atoms with E-state index in [4.69, 9.17) is 15.2 Å². The average Bonchev–Trinajstić information content (AvgIpc) is 2.66. The van der Waals surface area contributed by atoms with Gasteiger partial charge in [0.05, 0.1) is 26.1 Å². The van der Waals surface area contributed by atoms with Crippen molar-refractivity contribution in [2.75, 3.05) is 20.3 Å². The van der Waals surface area contributed by atoms with Crippen LogP contribution >= 0.6 is 0 Å². The van der Waals surface area contributed by atoms with Crippen molar-refractivity contribution in [3.63, 3.8) is 0 Å². The maximum atomic E-state index is 11.5. The second-order valence-corrected chi connectivity index (χ2v) is 4.22. The Morgan fingerprint density at radius 3 is 2.42 bits per heavy atom. The molecule has 1 fully saturated rings. The van der Waals surface area contributed by atoms with Gasteiger partial charge in [0.25, 0.3) is 0 Å². The summed E-state index contributed by atoms with van der Waals surface area (Å²) in [5, 5.41) is 0. The maximum Gasteiger partial charge on any atom is 0.246 e. The van der Waals surface area contributed by atoms with Gasteiger partial charge < -0.3 is 15.2 Å². The standard InChI is InChI=1S/C13H16N2O4/c1-18-9-2-4-10(5-3-9)19-7-6-15-12(16)8-11(14)13(15)17/h2-5,11H,6-8,14H2,1H3. The molecule has 1 aromatic rings. The van der Waals surface area contributed by atoms with E-state index in [0.29, 0.717) is 5.75 Å². The average molecular weight is 264 g/mol. The highest BCUT2D eigenvalue weighted by Gasteiger charge is 2.35. The molecule has 1 aromatic carbocycles. The minimum absolute atomic E-state index is 0.0847. The van der Waals surface area contributed by atoms with Crippen LogP contribution in [0.4, 0.5) is 0 Å². The third kappa shape index (κ3) is 3.03. The lowest BCUT2D eigenvalue weighted by Gasteiger charge is -2.14. The molecule has 0 saturated carbocycles. The molecular weight excluding hydrogens is 248 g/mol. The van der Waals surface area contributed by atoms with Gasteiger partial charge in [-0.05, 0) is 24.3 Å². The normalized spacial score (nSPS) is 18.8. The zero-order valence-corrected chi connectivity index (χ0v) is 10.7. The lowest BCUT2D eigenvalue weighted by atomic mass is 10.3. The molecule has 1 atom stereocenters. The molecule has 0 bridgehead atoms. The lowest BCUT2D eigenvalue weighted by molar-refractivity contribution is -0.139. The van der Waals surface area contributed by atoms with Crippen molar-refractivity contribution in [3.8, 4) is 11.5 Å². The zero-order valence-electron chi connectivity index (χ0n) is 10.7. The first kappa shape index (κ1) is 13.4. The fourth-order valence-corrected chi connectivity index (χ4v) is 1.87. The van der Waals surface area contributed by atoms with Crippen LogP contribution in [-0.2, 0) is 9.59 Å². The van der Waals surface area contributed by atoms with E-state index in [9.17, 15) is 9.59 Å². The van der Waals surface area contributed by atoms with Crippen molar-refractivity contribution < 1.29 is 19.1 Å². The quantitative estimate of drug-likeness (QED) is 0.766. The van der Waals surface area contributed by atoms with E-state index in [1.165, 1.54) is 0 Å². The zero-order chi connectivity index (χ0) is 13.8. The molecule has 1 aliphatic heterocycles. The Hall–Kier alpha value is -2.08. The molecule has 0 aliphatic carbocycles. The first-order valence-corrected chi connectivity index (χ1v) is 5.98. The first-order chi connectivity index (χ1) is 9.11. The third-order valence-corrected chi connectivity index (χ3v) is 2.92. The van der Waals surface area contributed by atoms with Crippen LogP contribution in [0.1, 0.15) is 6.42 Å². The van der Waals surface area contributed by atoms with Gasteiger partial charge in [0.1, 0.15) is 18.1 Å². The molecule has 1 saturated heterocycles. The molecule has 102 valence electrons. The Labute approximate surface area is 111 Å². The number of carbonyl (C=O) groups excluding carboxylic acids is 2. The highest BCUT2D eigenvalue weighted by Crippen LogP contribution is 2.17. The van der Waals surface area contributed by atoms with Crippen LogP contribution in [0.2, 0.25) is 0 Å². The molecule has 1 aliphatic rings. The summed E-state index contributed by atoms with van der Waals surface area (Å²) in [5.74, 6) is 0.826. The van der Waals surface area contributed by atoms with Gasteiger partial charge in [-0.2, -0.15) is 0 Å². The number of methoxy groups -OCH3 is 1. The highest BCUT2D eigenvalue weighted by molar-refractivity contribution is 6.05. The lowest BCUT2D eigenvalue weighted by Crippen LogP contribution is -2.37. The largest absolute Gasteiger partial charge is 0.497 e. The number of imide groups is 1. The number of nitrogens with two attached hydrogens (primary N) is 1. The van der Waals surface area contributed by atoms with Crippen molar-refractivity contribution in [2.45, 2.75) is 12.5 Å². The number of likely N-dealkylation sites (tertiary alicyclic amines) is 1. The highest BCUT2D eigenvalue weighted by atomic mass is 16.5. The van der Waals surface area contributed by atoms with E-state index >= 15 is 0 Å². The van der Waals surface area contributed by atoms with Crippen LogP contribution in [-0.4, -0.2) is 43.0 Å². The Kier molecular flexibility index (Phi) is 4.01. The van der Waals surface area contributed by atoms with Crippen molar-refractivity contribution in [3.05, 3.63) is 24.3 Å². The second kappa shape index (κ2) is 5.71. The molecule has 19 heavy (non-hydrogen) atoms. The van der Waals surface area contributed by atoms with Crippen LogP contribution in [0.3, 0.4) is 0 Å². The number of carbonyl (C=O) groups is 2. The van der Waals surface area contributed by atoms with Crippen LogP contribution < -0.4 is 15.2 Å². The first-order valence-electron chi connectivity index (χ1n) is 5.98. The van der Waals surface area contributed by atoms with Gasteiger partial charge >= 0.3 is 0 Å². The smallest absolute Gasteiger partial charge is 0.246 e. The van der Waals surface area contributed by atoms with Gasteiger partial charge in [-0.15, -0.1) is 0 Å². The van der Waals surface area contributed by atoms with Gasteiger partial charge in [0.15, 0.2) is 0 Å². The van der Waals surface area contributed by atoms with Gasteiger partial charge in [-0.3, -0.25) is 14.5 Å². The van der Waals surface area contributed by atoms with E-state index in [2.05, 4.69) is 0 Å². The molecule has 1 unspecified atom stereocenters. The van der Waals surface area contributed by atoms with Crippen LogP contribution in [0.25, 0.3) is 0 Å². The predicted octanol–water partition coefficient (Wildman–Crippen LogP) is 0.160. The van der Waals surface area contributed by atoms with E-state index in [1.807, 2.05) is 0 Å². The van der Waals surface area contributed by atoms with Crippen LogP contribution in [0, 0.1) is 0 Å². The van der Waals surface area contributed by atoms with Gasteiger partial charge in [0.2, 0.25) is 11.8 Å². The SMILES string of the molecule is COc1ccc(OCCN2C(=O)CC(N)C2=O)cc1. The Morgan fingerprint density at radius 1 is 1.26 bits per heavy atom. The Balaban J connectivity index is 1.83. The monoisotopic (exact) mass is 264 g/mol. The minimum atomic E-state index is -0.700. The van der Waals surface area contributed by atoms with Crippen molar-refractivity contribution in [2.24, 2.45) is 5.73 Å². The molecule has 2 rings (SSSR count). The fourth-order valence-electron chi connectivity index (χ4n) is 1.87. The van der Waals surface area contributed by atoms with E-state index in [-0.39, 0.29) is 31.4 Å². The summed E-state index contributed by atoms with van der Waals surface area (Å²) in [5.41, 5.74) is 5.51. The molecule has 2 N–H and O–H groups in total. The molecule has 2 amide bonds. The second-order valence-electron chi connectivity index (χ2n) is 4.22. The third-order valence-electron chi connectivity index (χ3n) is 2.92. The number of rotatable bonds is 5. The van der Waals surface area contributed by atoms with Crippen molar-refractivity contribution >= 4 is 11.8 Å². The number of hydrogen-bond acceptors (Lipinski definition) is 5. The predicted molar refractivity (Wildman–Crippen MR) is 67.8 cm³/mol. The molecule has 1 heterocycles. The van der Waals surface area contributed by atoms with E-state index in [1.54, 1.807) is 31.4 Å². The number of amides is 2. The van der Waals surface area contributed by atoms with Crippen molar-refractivity contribution in [1.82, 2.24) is 4.90 Å². The molecule has 0 aromatic heterocycles. The van der Waals surface area contributed by atoms with Gasteiger partial charge in [-0.25, -0.2) is 0 Å². The number of ether oxygens (including phenoxy) is 2. The number of benzene rings is 1. The van der Waals surface area contributed by atoms with Crippen LogP contribution in [0.5, 0.6) is 11.5 Å². The summed E-state index contributed by atoms with van der Waals surface area (Å²) in [7, 11) is 1.59. The number of nitrogens with zero attached hydrogens (tertiary/aromatic N) is 1. The minimum Gasteiger partial charge on any atom is -0.497 e. The van der Waals surface area contributed by atoms with Crippen LogP contribution in [0.15, 0.2) is 24.3 Å². The summed E-state index contributed by atoms with van der Waals surface area (Å²) in [6, 6.07) is 6.37. The summed E-state index contributed by atoms with van der Waals surface area (Å²) in [6.45, 7) is 0.466. The van der Waals surface area contributed by atoms with E-state index in [0.717, 1.165) is 10.6 Å². The summed E-state index contributed by atoms with van der Waals surface area (Å²) in [4.78, 5) is 24.2. The molecule has 0 spiro atoms. The Morgan fingerprint density at radius 2 is 1.89 bits per heavy atom. The molecule has 0 radical (unpaired) electrons. The summed E-state index contributed by atoms with van der Waals surface area (Å²) >= 11 is 0. The molecule has 6 heteroatoms.